The number of benzene rings is 3. The minimum absolute atomic E-state index is 0.0216. The van der Waals surface area contributed by atoms with Crippen molar-refractivity contribution in [1.29, 1.82) is 0 Å². The summed E-state index contributed by atoms with van der Waals surface area (Å²) in [4.78, 5) is 0. The molecule has 0 spiro atoms. The maximum atomic E-state index is 10.0. The third kappa shape index (κ3) is 3.82. The number of phenolic OH excluding ortho intramolecular Hbond substituents is 1. The molecule has 0 aromatic heterocycles. The highest BCUT2D eigenvalue weighted by Gasteiger charge is 2.03. The maximum absolute atomic E-state index is 10.0. The number of phenols is 1. The second kappa shape index (κ2) is 7.03. The second-order valence-corrected chi connectivity index (χ2v) is 4.85. The van der Waals surface area contributed by atoms with Gasteiger partial charge in [-0.3, -0.25) is 0 Å². The third-order valence-electron chi connectivity index (χ3n) is 3.20. The van der Waals surface area contributed by atoms with Crippen LogP contribution in [0.25, 0.3) is 0 Å². The van der Waals surface area contributed by atoms with Crippen LogP contribution in [0.3, 0.4) is 0 Å². The van der Waals surface area contributed by atoms with Gasteiger partial charge in [-0.1, -0.05) is 60.1 Å². The Kier molecular flexibility index (Phi) is 4.44. The van der Waals surface area contributed by atoms with Gasteiger partial charge in [0.1, 0.15) is 5.75 Å². The first-order chi connectivity index (χ1) is 11.3. The van der Waals surface area contributed by atoms with Crippen molar-refractivity contribution >= 4 is 0 Å². The van der Waals surface area contributed by atoms with Gasteiger partial charge in [0.2, 0.25) is 0 Å². The van der Waals surface area contributed by atoms with E-state index >= 15 is 0 Å². The fourth-order valence-corrected chi connectivity index (χ4v) is 2.03. The van der Waals surface area contributed by atoms with Gasteiger partial charge in [0.25, 0.3) is 0 Å². The van der Waals surface area contributed by atoms with Crippen molar-refractivity contribution in [2.45, 2.75) is 0 Å². The van der Waals surface area contributed by atoms with Gasteiger partial charge in [0, 0.05) is 22.8 Å². The summed E-state index contributed by atoms with van der Waals surface area (Å²) in [6.45, 7) is 0. The van der Waals surface area contributed by atoms with Gasteiger partial charge < -0.3 is 5.11 Å². The van der Waals surface area contributed by atoms with Crippen LogP contribution in [0.4, 0.5) is 0 Å². The van der Waals surface area contributed by atoms with E-state index in [1.54, 1.807) is 6.07 Å². The van der Waals surface area contributed by atoms with Crippen LogP contribution >= 0.6 is 0 Å². The summed E-state index contributed by atoms with van der Waals surface area (Å²) in [6, 6.07) is 25.6. The maximum Gasteiger partial charge on any atom is 0.140 e. The highest BCUT2D eigenvalue weighted by molar-refractivity contribution is 5.59. The lowest BCUT2D eigenvalue weighted by Gasteiger charge is -1.99. The van der Waals surface area contributed by atoms with Gasteiger partial charge >= 0.3 is 0 Å². The fourth-order valence-electron chi connectivity index (χ4n) is 2.03. The van der Waals surface area contributed by atoms with Crippen LogP contribution in [-0.4, -0.2) is 5.11 Å². The van der Waals surface area contributed by atoms with Crippen molar-refractivity contribution < 1.29 is 5.11 Å². The van der Waals surface area contributed by atoms with Gasteiger partial charge in [0.15, 0.2) is 0 Å². The first-order valence-electron chi connectivity index (χ1n) is 7.21. The predicted octanol–water partition coefficient (Wildman–Crippen LogP) is 3.99. The lowest BCUT2D eigenvalue weighted by atomic mass is 10.1. The first-order valence-corrected chi connectivity index (χ1v) is 7.21. The van der Waals surface area contributed by atoms with E-state index in [1.807, 2.05) is 66.7 Å². The molecule has 1 N–H and O–H groups in total. The molecule has 0 saturated heterocycles. The molecule has 0 atom stereocenters. The van der Waals surface area contributed by atoms with E-state index in [-0.39, 0.29) is 5.75 Å². The molecular weight excluding hydrogens is 280 g/mol. The molecular formula is C22H13O. The molecule has 0 aliphatic heterocycles. The summed E-state index contributed by atoms with van der Waals surface area (Å²) in [6.07, 6.45) is 0. The van der Waals surface area contributed by atoms with E-state index in [2.05, 4.69) is 29.7 Å². The molecule has 0 heterocycles. The lowest BCUT2D eigenvalue weighted by molar-refractivity contribution is 0.472. The Morgan fingerprint density at radius 2 is 1.22 bits per heavy atom. The monoisotopic (exact) mass is 293 g/mol. The molecule has 0 aliphatic carbocycles. The zero-order chi connectivity index (χ0) is 15.9. The van der Waals surface area contributed by atoms with Crippen molar-refractivity contribution in [3.05, 3.63) is 101 Å². The lowest BCUT2D eigenvalue weighted by Crippen LogP contribution is -1.85. The Morgan fingerprint density at radius 3 is 1.83 bits per heavy atom. The molecule has 23 heavy (non-hydrogen) atoms. The van der Waals surface area contributed by atoms with Gasteiger partial charge in [-0.25, -0.2) is 0 Å². The number of aromatic hydroxyl groups is 1. The fraction of sp³-hybridized carbons (Fsp3) is 0. The molecule has 3 aromatic carbocycles. The summed E-state index contributed by atoms with van der Waals surface area (Å²) in [7, 11) is 0. The minimum atomic E-state index is 0.0216. The van der Waals surface area contributed by atoms with Crippen LogP contribution in [0, 0.1) is 29.7 Å². The van der Waals surface area contributed by atoms with E-state index in [4.69, 9.17) is 0 Å². The van der Waals surface area contributed by atoms with Crippen LogP contribution in [0.1, 0.15) is 22.3 Å². The quantitative estimate of drug-likeness (QED) is 0.621. The van der Waals surface area contributed by atoms with Gasteiger partial charge in [-0.2, -0.15) is 0 Å². The van der Waals surface area contributed by atoms with E-state index in [0.29, 0.717) is 11.1 Å². The Hall–Kier alpha value is -3.42. The van der Waals surface area contributed by atoms with Crippen molar-refractivity contribution in [2.24, 2.45) is 0 Å². The topological polar surface area (TPSA) is 20.2 Å². The average molecular weight is 293 g/mol. The molecule has 3 aromatic rings. The molecule has 3 rings (SSSR count). The molecule has 1 heteroatoms. The summed E-state index contributed by atoms with van der Waals surface area (Å²) in [5.41, 5.74) is 2.99. The third-order valence-corrected chi connectivity index (χ3v) is 3.20. The van der Waals surface area contributed by atoms with Crippen molar-refractivity contribution in [3.63, 3.8) is 0 Å². The molecule has 0 bridgehead atoms. The molecule has 1 nitrogen and oxygen atoms in total. The number of hydrogen-bond acceptors (Lipinski definition) is 1. The molecule has 107 valence electrons. The highest BCUT2D eigenvalue weighted by atomic mass is 16.3. The SMILES string of the molecule is Oc1[c]ccc(C#Cc2ccccc2)c1C#Cc1ccccc1. The van der Waals surface area contributed by atoms with Gasteiger partial charge in [-0.15, -0.1) is 0 Å². The molecule has 1 radical (unpaired) electrons. The van der Waals surface area contributed by atoms with E-state index in [9.17, 15) is 5.11 Å². The smallest absolute Gasteiger partial charge is 0.140 e. The zero-order valence-corrected chi connectivity index (χ0v) is 12.4. The van der Waals surface area contributed by atoms with E-state index < -0.39 is 0 Å². The normalized spacial score (nSPS) is 9.22. The largest absolute Gasteiger partial charge is 0.506 e. The van der Waals surface area contributed by atoms with E-state index in [0.717, 1.165) is 11.1 Å². The van der Waals surface area contributed by atoms with Gasteiger partial charge in [0.05, 0.1) is 5.56 Å². The summed E-state index contributed by atoms with van der Waals surface area (Å²) >= 11 is 0. The predicted molar refractivity (Wildman–Crippen MR) is 91.8 cm³/mol. The number of hydrogen-bond donors (Lipinski definition) is 1. The van der Waals surface area contributed by atoms with Gasteiger partial charge in [-0.05, 0) is 36.4 Å². The van der Waals surface area contributed by atoms with Crippen molar-refractivity contribution in [1.82, 2.24) is 0 Å². The Bertz CT molecular complexity index is 918. The van der Waals surface area contributed by atoms with Crippen LogP contribution in [-0.2, 0) is 0 Å². The minimum Gasteiger partial charge on any atom is -0.506 e. The second-order valence-electron chi connectivity index (χ2n) is 4.85. The Labute approximate surface area is 136 Å². The van der Waals surface area contributed by atoms with Crippen molar-refractivity contribution in [2.75, 3.05) is 0 Å². The molecule has 0 fully saturated rings. The number of rotatable bonds is 0. The highest BCUT2D eigenvalue weighted by Crippen LogP contribution is 2.19. The summed E-state index contributed by atoms with van der Waals surface area (Å²) < 4.78 is 0. The molecule has 0 unspecified atom stereocenters. The zero-order valence-electron chi connectivity index (χ0n) is 12.4. The Morgan fingerprint density at radius 1 is 0.652 bits per heavy atom. The molecule has 0 saturated carbocycles. The summed E-state index contributed by atoms with van der Waals surface area (Å²) in [5.74, 6) is 12.2. The molecule has 0 aliphatic rings. The summed E-state index contributed by atoms with van der Waals surface area (Å²) in [5, 5.41) is 10.0. The average Bonchev–Trinajstić information content (AvgIpc) is 2.61. The van der Waals surface area contributed by atoms with Crippen LogP contribution in [0.15, 0.2) is 72.8 Å². The van der Waals surface area contributed by atoms with Crippen molar-refractivity contribution in [3.8, 4) is 29.4 Å². The standard InChI is InChI=1S/C22H13O/c23-22-13-7-12-20(16-14-18-8-3-1-4-9-18)21(22)17-15-19-10-5-2-6-11-19/h1-12,23H. The van der Waals surface area contributed by atoms with Crippen LogP contribution < -0.4 is 0 Å². The van der Waals surface area contributed by atoms with E-state index in [1.165, 1.54) is 0 Å². The first kappa shape index (κ1) is 14.5. The Balaban J connectivity index is 1.99. The molecule has 0 amide bonds. The van der Waals surface area contributed by atoms with Crippen LogP contribution in [0.2, 0.25) is 0 Å². The van der Waals surface area contributed by atoms with Crippen LogP contribution in [0.5, 0.6) is 5.75 Å².